The molecule has 6 nitrogen and oxygen atoms in total. The van der Waals surface area contributed by atoms with Crippen LogP contribution in [-0.2, 0) is 17.8 Å². The topological polar surface area (TPSA) is 84.1 Å². The molecule has 0 bridgehead atoms. The number of aromatic amines is 1. The number of carbonyl (C=O) groups excluding carboxylic acids is 1. The molecule has 0 aliphatic heterocycles. The quantitative estimate of drug-likeness (QED) is 0.750. The summed E-state index contributed by atoms with van der Waals surface area (Å²) in [4.78, 5) is 23.8. The molecule has 0 aliphatic rings. The summed E-state index contributed by atoms with van der Waals surface area (Å²) in [5.74, 6) is 0.639. The molecule has 1 aromatic heterocycles. The molecule has 0 saturated heterocycles. The fourth-order valence-corrected chi connectivity index (χ4v) is 2.48. The Bertz CT molecular complexity index is 917. The van der Waals surface area contributed by atoms with Crippen LogP contribution >= 0.6 is 0 Å². The van der Waals surface area contributed by atoms with Crippen molar-refractivity contribution in [2.45, 2.75) is 13.0 Å². The van der Waals surface area contributed by atoms with Crippen molar-refractivity contribution in [1.82, 2.24) is 15.5 Å². The van der Waals surface area contributed by atoms with Gasteiger partial charge in [-0.05, 0) is 23.8 Å². The van der Waals surface area contributed by atoms with E-state index < -0.39 is 0 Å². The zero-order valence-electron chi connectivity index (χ0n) is 13.2. The number of hydrogen-bond donors (Lipinski definition) is 2. The van der Waals surface area contributed by atoms with Crippen molar-refractivity contribution in [2.75, 3.05) is 7.11 Å². The molecule has 24 heavy (non-hydrogen) atoms. The number of methoxy groups -OCH3 is 1. The molecule has 1 heterocycles. The molecule has 3 rings (SSSR count). The molecule has 6 heteroatoms. The lowest BCUT2D eigenvalue weighted by Crippen LogP contribution is -2.26. The van der Waals surface area contributed by atoms with E-state index in [-0.39, 0.29) is 24.4 Å². The first-order valence-corrected chi connectivity index (χ1v) is 7.53. The first-order valence-electron chi connectivity index (χ1n) is 7.53. The number of ether oxygens (including phenoxy) is 1. The lowest BCUT2D eigenvalue weighted by molar-refractivity contribution is -0.120. The Balaban J connectivity index is 1.68. The molecule has 1 amide bonds. The molecule has 0 aliphatic carbocycles. The van der Waals surface area contributed by atoms with E-state index in [0.717, 1.165) is 16.7 Å². The Kier molecular flexibility index (Phi) is 4.56. The first kappa shape index (κ1) is 15.7. The number of H-pyrrole nitrogens is 1. The summed E-state index contributed by atoms with van der Waals surface area (Å²) in [6.07, 6.45) is 0.269. The Morgan fingerprint density at radius 1 is 1.12 bits per heavy atom. The Hall–Kier alpha value is -3.15. The van der Waals surface area contributed by atoms with E-state index in [9.17, 15) is 9.59 Å². The number of benzene rings is 2. The van der Waals surface area contributed by atoms with Crippen molar-refractivity contribution >= 4 is 16.7 Å². The van der Waals surface area contributed by atoms with E-state index >= 15 is 0 Å². The van der Waals surface area contributed by atoms with Crippen molar-refractivity contribution < 1.29 is 9.53 Å². The van der Waals surface area contributed by atoms with Crippen LogP contribution in [0, 0.1) is 0 Å². The largest absolute Gasteiger partial charge is 0.497 e. The van der Waals surface area contributed by atoms with Crippen LogP contribution in [0.1, 0.15) is 11.3 Å². The first-order chi connectivity index (χ1) is 11.7. The highest BCUT2D eigenvalue weighted by Gasteiger charge is 2.08. The lowest BCUT2D eigenvalue weighted by atomic mass is 10.1. The minimum absolute atomic E-state index is 0.114. The Labute approximate surface area is 138 Å². The van der Waals surface area contributed by atoms with Gasteiger partial charge in [0.2, 0.25) is 5.91 Å². The van der Waals surface area contributed by atoms with Gasteiger partial charge >= 0.3 is 0 Å². The molecule has 0 radical (unpaired) electrons. The summed E-state index contributed by atoms with van der Waals surface area (Å²) in [6, 6.07) is 14.5. The van der Waals surface area contributed by atoms with Crippen molar-refractivity contribution in [2.24, 2.45) is 0 Å². The van der Waals surface area contributed by atoms with Crippen molar-refractivity contribution in [3.8, 4) is 5.75 Å². The Morgan fingerprint density at radius 3 is 2.54 bits per heavy atom. The average Bonchev–Trinajstić information content (AvgIpc) is 2.62. The predicted octanol–water partition coefficient (Wildman–Crippen LogP) is 1.79. The molecule has 2 aromatic carbocycles. The second-order valence-electron chi connectivity index (χ2n) is 5.35. The summed E-state index contributed by atoms with van der Waals surface area (Å²) in [6.45, 7) is 0.256. The van der Waals surface area contributed by atoms with Gasteiger partial charge in [-0.3, -0.25) is 9.59 Å². The molecule has 0 fully saturated rings. The highest BCUT2D eigenvalue weighted by molar-refractivity contribution is 5.84. The van der Waals surface area contributed by atoms with Crippen LogP contribution in [-0.4, -0.2) is 23.2 Å². The summed E-state index contributed by atoms with van der Waals surface area (Å²) < 4.78 is 5.09. The maximum Gasteiger partial charge on any atom is 0.272 e. The van der Waals surface area contributed by atoms with Crippen LogP contribution in [0.4, 0.5) is 0 Å². The smallest absolute Gasteiger partial charge is 0.272 e. The van der Waals surface area contributed by atoms with Crippen molar-refractivity contribution in [3.05, 3.63) is 70.1 Å². The summed E-state index contributed by atoms with van der Waals surface area (Å²) in [5, 5.41) is 10.6. The Morgan fingerprint density at radius 2 is 1.83 bits per heavy atom. The molecule has 0 unspecified atom stereocenters. The van der Waals surface area contributed by atoms with Gasteiger partial charge in [0.25, 0.3) is 5.56 Å². The summed E-state index contributed by atoms with van der Waals surface area (Å²) in [5.41, 5.74) is 1.29. The van der Waals surface area contributed by atoms with E-state index in [2.05, 4.69) is 15.5 Å². The number of aromatic nitrogens is 2. The number of amides is 1. The molecule has 3 aromatic rings. The zero-order chi connectivity index (χ0) is 16.9. The van der Waals surface area contributed by atoms with Gasteiger partial charge in [0, 0.05) is 5.39 Å². The van der Waals surface area contributed by atoms with E-state index in [1.807, 2.05) is 36.4 Å². The molecule has 122 valence electrons. The standard InChI is InChI=1S/C18H17N3O3/c1-24-13-8-6-12(7-9-13)10-17(22)19-11-16-14-4-2-3-5-15(14)18(23)21-20-16/h2-9H,10-11H2,1H3,(H,19,22)(H,21,23). The van der Waals surface area contributed by atoms with Crippen LogP contribution in [0.3, 0.4) is 0 Å². The molecular formula is C18H17N3O3. The lowest BCUT2D eigenvalue weighted by Gasteiger charge is -2.07. The molecular weight excluding hydrogens is 306 g/mol. The monoisotopic (exact) mass is 323 g/mol. The van der Waals surface area contributed by atoms with Crippen molar-refractivity contribution in [1.29, 1.82) is 0 Å². The third-order valence-electron chi connectivity index (χ3n) is 3.75. The third kappa shape index (κ3) is 3.43. The highest BCUT2D eigenvalue weighted by atomic mass is 16.5. The minimum Gasteiger partial charge on any atom is -0.497 e. The minimum atomic E-state index is -0.237. The summed E-state index contributed by atoms with van der Waals surface area (Å²) >= 11 is 0. The fraction of sp³-hybridized carbons (Fsp3) is 0.167. The van der Waals surface area contributed by atoms with Gasteiger partial charge in [-0.25, -0.2) is 5.10 Å². The van der Waals surface area contributed by atoms with Gasteiger partial charge in [-0.1, -0.05) is 30.3 Å². The van der Waals surface area contributed by atoms with Crippen LogP contribution in [0.2, 0.25) is 0 Å². The van der Waals surface area contributed by atoms with E-state index in [1.54, 1.807) is 19.2 Å². The van der Waals surface area contributed by atoms with E-state index in [0.29, 0.717) is 11.1 Å². The SMILES string of the molecule is COc1ccc(CC(=O)NCc2n[nH]c(=O)c3ccccc23)cc1. The number of carbonyl (C=O) groups is 1. The van der Waals surface area contributed by atoms with Crippen LogP contribution in [0.25, 0.3) is 10.8 Å². The van der Waals surface area contributed by atoms with Gasteiger partial charge in [-0.2, -0.15) is 5.10 Å². The maximum atomic E-state index is 12.1. The summed E-state index contributed by atoms with van der Waals surface area (Å²) in [7, 11) is 1.60. The van der Waals surface area contributed by atoms with Gasteiger partial charge < -0.3 is 10.1 Å². The number of rotatable bonds is 5. The number of hydrogen-bond acceptors (Lipinski definition) is 4. The second kappa shape index (κ2) is 6.95. The van der Waals surface area contributed by atoms with Crippen molar-refractivity contribution in [3.63, 3.8) is 0 Å². The number of fused-ring (bicyclic) bond motifs is 1. The second-order valence-corrected chi connectivity index (χ2v) is 5.35. The fourth-order valence-electron chi connectivity index (χ4n) is 2.48. The van der Waals surface area contributed by atoms with E-state index in [1.165, 1.54) is 0 Å². The highest BCUT2D eigenvalue weighted by Crippen LogP contribution is 2.13. The zero-order valence-corrected chi connectivity index (χ0v) is 13.2. The van der Waals surface area contributed by atoms with Gasteiger partial charge in [0.05, 0.1) is 31.2 Å². The molecule has 0 spiro atoms. The number of nitrogens with one attached hydrogen (secondary N) is 2. The molecule has 2 N–H and O–H groups in total. The van der Waals surface area contributed by atoms with Crippen LogP contribution < -0.4 is 15.6 Å². The van der Waals surface area contributed by atoms with E-state index in [4.69, 9.17) is 4.74 Å². The average molecular weight is 323 g/mol. The predicted molar refractivity (Wildman–Crippen MR) is 90.9 cm³/mol. The third-order valence-corrected chi connectivity index (χ3v) is 3.75. The normalized spacial score (nSPS) is 10.5. The molecule has 0 saturated carbocycles. The number of nitrogens with zero attached hydrogens (tertiary/aromatic N) is 1. The maximum absolute atomic E-state index is 12.1. The van der Waals surface area contributed by atoms with Crippen LogP contribution in [0.5, 0.6) is 5.75 Å². The van der Waals surface area contributed by atoms with Gasteiger partial charge in [0.1, 0.15) is 5.75 Å². The van der Waals surface area contributed by atoms with Gasteiger partial charge in [0.15, 0.2) is 0 Å². The molecule has 0 atom stereocenters. The van der Waals surface area contributed by atoms with Gasteiger partial charge in [-0.15, -0.1) is 0 Å². The van der Waals surface area contributed by atoms with Crippen LogP contribution in [0.15, 0.2) is 53.3 Å².